The Labute approximate surface area is 99.6 Å². The predicted octanol–water partition coefficient (Wildman–Crippen LogP) is 2.17. The number of nitrogens with one attached hydrogen (secondary N) is 1. The normalized spacial score (nSPS) is 25.4. The van der Waals surface area contributed by atoms with Gasteiger partial charge in [-0.1, -0.05) is 13.8 Å². The van der Waals surface area contributed by atoms with Crippen molar-refractivity contribution in [2.24, 2.45) is 0 Å². The lowest BCUT2D eigenvalue weighted by atomic mass is 9.90. The standard InChI is InChI=1S/C13H26N2O/c1-4-6-13(16)15(3)12-9-7-11(8-10-12)14-5-2/h11-12,14H,4-10H2,1-3H3. The monoisotopic (exact) mass is 226 g/mol. The zero-order valence-electron chi connectivity index (χ0n) is 11.0. The van der Waals surface area contributed by atoms with Gasteiger partial charge in [0.15, 0.2) is 0 Å². The van der Waals surface area contributed by atoms with Gasteiger partial charge in [0.2, 0.25) is 5.91 Å². The molecule has 0 aliphatic heterocycles. The van der Waals surface area contributed by atoms with Gasteiger partial charge in [0, 0.05) is 25.6 Å². The van der Waals surface area contributed by atoms with E-state index in [2.05, 4.69) is 19.2 Å². The summed E-state index contributed by atoms with van der Waals surface area (Å²) in [4.78, 5) is 13.7. The average Bonchev–Trinajstić information content (AvgIpc) is 2.30. The molecule has 3 heteroatoms. The molecule has 1 amide bonds. The summed E-state index contributed by atoms with van der Waals surface area (Å²) in [5.74, 6) is 0.314. The number of hydrogen-bond acceptors (Lipinski definition) is 2. The van der Waals surface area contributed by atoms with Gasteiger partial charge in [0.05, 0.1) is 0 Å². The van der Waals surface area contributed by atoms with Crippen molar-refractivity contribution in [1.29, 1.82) is 0 Å². The molecule has 94 valence electrons. The van der Waals surface area contributed by atoms with Crippen LogP contribution in [0.5, 0.6) is 0 Å². The molecule has 1 aliphatic carbocycles. The van der Waals surface area contributed by atoms with E-state index in [1.807, 2.05) is 11.9 Å². The van der Waals surface area contributed by atoms with E-state index < -0.39 is 0 Å². The van der Waals surface area contributed by atoms with Crippen molar-refractivity contribution in [2.45, 2.75) is 64.5 Å². The molecule has 1 fully saturated rings. The Bertz CT molecular complexity index is 210. The van der Waals surface area contributed by atoms with Gasteiger partial charge in [0.25, 0.3) is 0 Å². The van der Waals surface area contributed by atoms with Gasteiger partial charge in [-0.3, -0.25) is 4.79 Å². The van der Waals surface area contributed by atoms with Crippen LogP contribution in [0.25, 0.3) is 0 Å². The quantitative estimate of drug-likeness (QED) is 0.779. The van der Waals surface area contributed by atoms with Crippen LogP contribution in [0.15, 0.2) is 0 Å². The van der Waals surface area contributed by atoms with E-state index in [4.69, 9.17) is 0 Å². The van der Waals surface area contributed by atoms with Gasteiger partial charge in [-0.05, 0) is 38.6 Å². The van der Waals surface area contributed by atoms with Crippen LogP contribution in [0.2, 0.25) is 0 Å². The van der Waals surface area contributed by atoms with E-state index in [0.717, 1.165) is 25.8 Å². The molecule has 0 aromatic carbocycles. The first-order valence-corrected chi connectivity index (χ1v) is 6.68. The Hall–Kier alpha value is -0.570. The molecule has 16 heavy (non-hydrogen) atoms. The van der Waals surface area contributed by atoms with Crippen LogP contribution in [-0.4, -0.2) is 36.5 Å². The zero-order valence-corrected chi connectivity index (χ0v) is 11.0. The maximum absolute atomic E-state index is 11.8. The second-order valence-electron chi connectivity index (χ2n) is 4.82. The third kappa shape index (κ3) is 3.78. The largest absolute Gasteiger partial charge is 0.343 e. The van der Waals surface area contributed by atoms with E-state index in [9.17, 15) is 4.79 Å². The summed E-state index contributed by atoms with van der Waals surface area (Å²) in [6.07, 6.45) is 6.39. The summed E-state index contributed by atoms with van der Waals surface area (Å²) in [6, 6.07) is 1.16. The van der Waals surface area contributed by atoms with Crippen molar-refractivity contribution in [3.63, 3.8) is 0 Å². The predicted molar refractivity (Wildman–Crippen MR) is 67.4 cm³/mol. The molecular formula is C13H26N2O. The van der Waals surface area contributed by atoms with E-state index in [1.54, 1.807) is 0 Å². The number of rotatable bonds is 5. The summed E-state index contributed by atoms with van der Waals surface area (Å²) < 4.78 is 0. The molecule has 0 aromatic rings. The second-order valence-corrected chi connectivity index (χ2v) is 4.82. The molecular weight excluding hydrogens is 200 g/mol. The molecule has 0 radical (unpaired) electrons. The van der Waals surface area contributed by atoms with Crippen molar-refractivity contribution in [1.82, 2.24) is 10.2 Å². The van der Waals surface area contributed by atoms with Gasteiger partial charge in [0.1, 0.15) is 0 Å². The van der Waals surface area contributed by atoms with Gasteiger partial charge in [-0.15, -0.1) is 0 Å². The van der Waals surface area contributed by atoms with Crippen LogP contribution in [0.1, 0.15) is 52.4 Å². The highest BCUT2D eigenvalue weighted by molar-refractivity contribution is 5.76. The molecule has 0 spiro atoms. The Morgan fingerprint density at radius 2 is 1.88 bits per heavy atom. The topological polar surface area (TPSA) is 32.3 Å². The van der Waals surface area contributed by atoms with Gasteiger partial charge in [-0.25, -0.2) is 0 Å². The van der Waals surface area contributed by atoms with Gasteiger partial charge < -0.3 is 10.2 Å². The minimum absolute atomic E-state index is 0.314. The highest BCUT2D eigenvalue weighted by Gasteiger charge is 2.25. The lowest BCUT2D eigenvalue weighted by molar-refractivity contribution is -0.132. The van der Waals surface area contributed by atoms with Crippen molar-refractivity contribution < 1.29 is 4.79 Å². The third-order valence-electron chi connectivity index (χ3n) is 3.59. The fraction of sp³-hybridized carbons (Fsp3) is 0.923. The molecule has 0 bridgehead atoms. The molecule has 1 aliphatic rings. The first-order chi connectivity index (χ1) is 7.69. The van der Waals surface area contributed by atoms with Crippen LogP contribution in [0.3, 0.4) is 0 Å². The van der Waals surface area contributed by atoms with Gasteiger partial charge >= 0.3 is 0 Å². The first kappa shape index (κ1) is 13.5. The average molecular weight is 226 g/mol. The highest BCUT2D eigenvalue weighted by Crippen LogP contribution is 2.22. The van der Waals surface area contributed by atoms with Crippen LogP contribution in [-0.2, 0) is 4.79 Å². The molecule has 0 unspecified atom stereocenters. The van der Waals surface area contributed by atoms with Gasteiger partial charge in [-0.2, -0.15) is 0 Å². The lowest BCUT2D eigenvalue weighted by Gasteiger charge is -2.35. The first-order valence-electron chi connectivity index (χ1n) is 6.68. The molecule has 0 saturated heterocycles. The number of hydrogen-bond donors (Lipinski definition) is 1. The summed E-state index contributed by atoms with van der Waals surface area (Å²) >= 11 is 0. The van der Waals surface area contributed by atoms with E-state index in [1.165, 1.54) is 12.8 Å². The van der Waals surface area contributed by atoms with E-state index in [-0.39, 0.29) is 0 Å². The molecule has 3 nitrogen and oxygen atoms in total. The van der Waals surface area contributed by atoms with Crippen molar-refractivity contribution in [2.75, 3.05) is 13.6 Å². The van der Waals surface area contributed by atoms with Crippen LogP contribution < -0.4 is 5.32 Å². The fourth-order valence-electron chi connectivity index (χ4n) is 2.55. The molecule has 1 N–H and O–H groups in total. The zero-order chi connectivity index (χ0) is 12.0. The van der Waals surface area contributed by atoms with Crippen LogP contribution >= 0.6 is 0 Å². The Morgan fingerprint density at radius 1 is 1.25 bits per heavy atom. The smallest absolute Gasteiger partial charge is 0.222 e. The minimum Gasteiger partial charge on any atom is -0.343 e. The Kier molecular flexibility index (Phi) is 5.81. The minimum atomic E-state index is 0.314. The maximum atomic E-state index is 11.8. The molecule has 1 saturated carbocycles. The number of carbonyl (C=O) groups is 1. The lowest BCUT2D eigenvalue weighted by Crippen LogP contribution is -2.43. The number of nitrogens with zero attached hydrogens (tertiary/aromatic N) is 1. The molecule has 0 atom stereocenters. The van der Waals surface area contributed by atoms with Crippen molar-refractivity contribution >= 4 is 5.91 Å². The summed E-state index contributed by atoms with van der Waals surface area (Å²) in [5.41, 5.74) is 0. The summed E-state index contributed by atoms with van der Waals surface area (Å²) in [6.45, 7) is 5.27. The molecule has 1 rings (SSSR count). The summed E-state index contributed by atoms with van der Waals surface area (Å²) in [7, 11) is 1.97. The van der Waals surface area contributed by atoms with E-state index in [0.29, 0.717) is 24.4 Å². The fourth-order valence-corrected chi connectivity index (χ4v) is 2.55. The van der Waals surface area contributed by atoms with Crippen molar-refractivity contribution in [3.05, 3.63) is 0 Å². The summed E-state index contributed by atoms with van der Waals surface area (Å²) in [5, 5.41) is 3.49. The van der Waals surface area contributed by atoms with Crippen LogP contribution in [0, 0.1) is 0 Å². The SMILES string of the molecule is CCCC(=O)N(C)C1CCC(NCC)CC1. The maximum Gasteiger partial charge on any atom is 0.222 e. The van der Waals surface area contributed by atoms with Crippen molar-refractivity contribution in [3.8, 4) is 0 Å². The Balaban J connectivity index is 2.32. The van der Waals surface area contributed by atoms with Crippen LogP contribution in [0.4, 0.5) is 0 Å². The highest BCUT2D eigenvalue weighted by atomic mass is 16.2. The second kappa shape index (κ2) is 6.89. The number of amides is 1. The number of carbonyl (C=O) groups excluding carboxylic acids is 1. The molecule has 0 aromatic heterocycles. The Morgan fingerprint density at radius 3 is 2.38 bits per heavy atom. The van der Waals surface area contributed by atoms with E-state index >= 15 is 0 Å². The third-order valence-corrected chi connectivity index (χ3v) is 3.59. The molecule has 0 heterocycles.